The largest absolute Gasteiger partial charge is 0.507 e. The van der Waals surface area contributed by atoms with Gasteiger partial charge < -0.3 is 29.0 Å². The molecule has 3 aliphatic rings. The summed E-state index contributed by atoms with van der Waals surface area (Å²) in [6.45, 7) is 7.47. The molecule has 0 aromatic heterocycles. The van der Waals surface area contributed by atoms with E-state index in [9.17, 15) is 14.7 Å². The Labute approximate surface area is 226 Å². The van der Waals surface area contributed by atoms with Gasteiger partial charge in [0.05, 0.1) is 11.6 Å². The second kappa shape index (κ2) is 9.38. The first-order valence-corrected chi connectivity index (χ1v) is 12.9. The van der Waals surface area contributed by atoms with Crippen LogP contribution in [0, 0.1) is 0 Å². The molecule has 0 spiro atoms. The molecule has 3 aliphatic heterocycles. The van der Waals surface area contributed by atoms with Crippen molar-refractivity contribution in [2.45, 2.75) is 38.8 Å². The molecule has 6 rings (SSSR count). The fourth-order valence-corrected chi connectivity index (χ4v) is 5.14. The van der Waals surface area contributed by atoms with Gasteiger partial charge in [0.1, 0.15) is 19.0 Å². The molecule has 1 saturated heterocycles. The van der Waals surface area contributed by atoms with Crippen LogP contribution in [0.1, 0.15) is 49.1 Å². The average Bonchev–Trinajstić information content (AvgIpc) is 3.50. The van der Waals surface area contributed by atoms with Crippen molar-refractivity contribution in [1.29, 1.82) is 0 Å². The fraction of sp³-hybridized carbons (Fsp3) is 0.290. The monoisotopic (exact) mass is 527 g/mol. The maximum absolute atomic E-state index is 13.5. The Morgan fingerprint density at radius 2 is 1.49 bits per heavy atom. The van der Waals surface area contributed by atoms with Crippen molar-refractivity contribution in [3.8, 4) is 23.0 Å². The molecule has 0 aliphatic carbocycles. The second-order valence-corrected chi connectivity index (χ2v) is 10.8. The summed E-state index contributed by atoms with van der Waals surface area (Å²) in [5.74, 6) is 0.578. The van der Waals surface area contributed by atoms with E-state index in [2.05, 4.69) is 20.8 Å². The van der Waals surface area contributed by atoms with Crippen LogP contribution in [0.5, 0.6) is 23.0 Å². The summed E-state index contributed by atoms with van der Waals surface area (Å²) in [6.07, 6.45) is 0. The van der Waals surface area contributed by atoms with Crippen LogP contribution in [0.3, 0.4) is 0 Å². The Kier molecular flexibility index (Phi) is 5.98. The Hall–Kier alpha value is -4.46. The maximum Gasteiger partial charge on any atom is 0.295 e. The molecule has 39 heavy (non-hydrogen) atoms. The SMILES string of the molecule is CC(C)(C)c1ccc(C2/C(=C(/O)c3ccc4c(c3)OCCO4)C(=O)C(=O)N2Cc2ccc3c(c2)OCO3)cc1. The van der Waals surface area contributed by atoms with E-state index >= 15 is 0 Å². The summed E-state index contributed by atoms with van der Waals surface area (Å²) in [5.41, 5.74) is 2.94. The van der Waals surface area contributed by atoms with Gasteiger partial charge in [-0.3, -0.25) is 9.59 Å². The predicted octanol–water partition coefficient (Wildman–Crippen LogP) is 5.11. The number of aliphatic hydroxyl groups excluding tert-OH is 1. The van der Waals surface area contributed by atoms with Crippen LogP contribution in [-0.4, -0.2) is 41.7 Å². The first-order valence-electron chi connectivity index (χ1n) is 12.9. The molecular weight excluding hydrogens is 498 g/mol. The minimum Gasteiger partial charge on any atom is -0.507 e. The minimum atomic E-state index is -0.794. The number of carbonyl (C=O) groups is 2. The van der Waals surface area contributed by atoms with Gasteiger partial charge in [0.25, 0.3) is 11.7 Å². The molecular formula is C31H29NO7. The molecule has 1 unspecified atom stereocenters. The van der Waals surface area contributed by atoms with Gasteiger partial charge in [0, 0.05) is 12.1 Å². The number of ether oxygens (including phenoxy) is 4. The third-order valence-corrected chi connectivity index (χ3v) is 7.24. The van der Waals surface area contributed by atoms with Gasteiger partial charge in [-0.25, -0.2) is 0 Å². The van der Waals surface area contributed by atoms with Gasteiger partial charge in [-0.1, -0.05) is 51.1 Å². The molecule has 0 bridgehead atoms. The number of hydrogen-bond donors (Lipinski definition) is 1. The lowest BCUT2D eigenvalue weighted by atomic mass is 9.85. The molecule has 200 valence electrons. The zero-order valence-electron chi connectivity index (χ0n) is 22.0. The van der Waals surface area contributed by atoms with E-state index in [1.54, 1.807) is 24.3 Å². The van der Waals surface area contributed by atoms with Gasteiger partial charge in [-0.2, -0.15) is 0 Å². The Morgan fingerprint density at radius 1 is 0.846 bits per heavy atom. The Balaban J connectivity index is 1.45. The summed E-state index contributed by atoms with van der Waals surface area (Å²) in [7, 11) is 0. The van der Waals surface area contributed by atoms with Crippen LogP contribution < -0.4 is 18.9 Å². The highest BCUT2D eigenvalue weighted by Gasteiger charge is 2.46. The summed E-state index contributed by atoms with van der Waals surface area (Å²) in [5, 5.41) is 11.5. The molecule has 1 atom stereocenters. The Morgan fingerprint density at radius 3 is 2.23 bits per heavy atom. The van der Waals surface area contributed by atoms with E-state index < -0.39 is 17.7 Å². The van der Waals surface area contributed by atoms with Crippen LogP contribution in [0.4, 0.5) is 0 Å². The summed E-state index contributed by atoms with van der Waals surface area (Å²) < 4.78 is 22.2. The number of ketones is 1. The zero-order chi connectivity index (χ0) is 27.3. The van der Waals surface area contributed by atoms with E-state index in [0.717, 1.165) is 16.7 Å². The molecule has 8 heteroatoms. The molecule has 1 fully saturated rings. The molecule has 0 saturated carbocycles. The highest BCUT2D eigenvalue weighted by atomic mass is 16.7. The smallest absolute Gasteiger partial charge is 0.295 e. The van der Waals surface area contributed by atoms with Crippen molar-refractivity contribution in [3.63, 3.8) is 0 Å². The molecule has 1 amide bonds. The first-order chi connectivity index (χ1) is 18.7. The number of likely N-dealkylation sites (tertiary alicyclic amines) is 1. The molecule has 3 heterocycles. The van der Waals surface area contributed by atoms with Crippen molar-refractivity contribution in [2.75, 3.05) is 20.0 Å². The van der Waals surface area contributed by atoms with Crippen LogP contribution in [0.2, 0.25) is 0 Å². The number of amides is 1. The molecule has 0 radical (unpaired) electrons. The van der Waals surface area contributed by atoms with Crippen LogP contribution >= 0.6 is 0 Å². The van der Waals surface area contributed by atoms with Gasteiger partial charge in [-0.15, -0.1) is 0 Å². The van der Waals surface area contributed by atoms with Gasteiger partial charge in [0.2, 0.25) is 6.79 Å². The van der Waals surface area contributed by atoms with Crippen molar-refractivity contribution < 1.29 is 33.6 Å². The van der Waals surface area contributed by atoms with E-state index in [4.69, 9.17) is 18.9 Å². The van der Waals surface area contributed by atoms with Crippen molar-refractivity contribution in [1.82, 2.24) is 4.90 Å². The van der Waals surface area contributed by atoms with E-state index in [-0.39, 0.29) is 30.1 Å². The van der Waals surface area contributed by atoms with Crippen LogP contribution in [-0.2, 0) is 21.5 Å². The van der Waals surface area contributed by atoms with Gasteiger partial charge >= 0.3 is 0 Å². The fourth-order valence-electron chi connectivity index (χ4n) is 5.14. The highest BCUT2D eigenvalue weighted by molar-refractivity contribution is 6.46. The minimum absolute atomic E-state index is 0.0286. The van der Waals surface area contributed by atoms with Crippen molar-refractivity contribution in [3.05, 3.63) is 88.5 Å². The number of fused-ring (bicyclic) bond motifs is 2. The maximum atomic E-state index is 13.5. The third-order valence-electron chi connectivity index (χ3n) is 7.24. The first kappa shape index (κ1) is 24.9. The standard InChI is InChI=1S/C31H29NO7/c1-31(2,3)21-8-5-19(6-9-21)27-26(28(33)20-7-11-22-25(15-20)37-13-12-36-22)29(34)30(35)32(27)16-18-4-10-23-24(14-18)39-17-38-23/h4-11,14-15,27,33H,12-13,16-17H2,1-3H3/b28-26-. The Bertz CT molecular complexity index is 1500. The van der Waals surface area contributed by atoms with Crippen molar-refractivity contribution >= 4 is 17.4 Å². The number of benzene rings is 3. The number of aliphatic hydroxyl groups is 1. The normalized spacial score (nSPS) is 19.5. The highest BCUT2D eigenvalue weighted by Crippen LogP contribution is 2.43. The number of Topliss-reactive ketones (excluding diaryl/α,β-unsaturated/α-hetero) is 1. The lowest BCUT2D eigenvalue weighted by molar-refractivity contribution is -0.140. The molecule has 3 aromatic rings. The molecule has 8 nitrogen and oxygen atoms in total. The number of hydrogen-bond acceptors (Lipinski definition) is 7. The van der Waals surface area contributed by atoms with Crippen molar-refractivity contribution in [2.24, 2.45) is 0 Å². The van der Waals surface area contributed by atoms with Gasteiger partial charge in [-0.05, 0) is 52.4 Å². The second-order valence-electron chi connectivity index (χ2n) is 10.8. The lowest BCUT2D eigenvalue weighted by Gasteiger charge is -2.27. The lowest BCUT2D eigenvalue weighted by Crippen LogP contribution is -2.29. The van der Waals surface area contributed by atoms with Gasteiger partial charge in [0.15, 0.2) is 23.0 Å². The summed E-state index contributed by atoms with van der Waals surface area (Å²) >= 11 is 0. The van der Waals surface area contributed by atoms with E-state index in [1.165, 1.54) is 4.90 Å². The van der Waals surface area contributed by atoms with E-state index in [1.807, 2.05) is 36.4 Å². The molecule has 3 aromatic carbocycles. The summed E-state index contributed by atoms with van der Waals surface area (Å²) in [6, 6.07) is 17.5. The number of nitrogens with zero attached hydrogens (tertiary/aromatic N) is 1. The quantitative estimate of drug-likeness (QED) is 0.286. The van der Waals surface area contributed by atoms with Crippen LogP contribution in [0.25, 0.3) is 5.76 Å². The predicted molar refractivity (Wildman–Crippen MR) is 143 cm³/mol. The topological polar surface area (TPSA) is 94.5 Å². The number of rotatable bonds is 4. The zero-order valence-corrected chi connectivity index (χ0v) is 22.0. The van der Waals surface area contributed by atoms with E-state index in [0.29, 0.717) is 41.8 Å². The molecule has 1 N–H and O–H groups in total. The van der Waals surface area contributed by atoms with Crippen LogP contribution in [0.15, 0.2) is 66.2 Å². The summed E-state index contributed by atoms with van der Waals surface area (Å²) in [4.78, 5) is 28.5. The average molecular weight is 528 g/mol. The third kappa shape index (κ3) is 4.46. The number of carbonyl (C=O) groups excluding carboxylic acids is 2.